The van der Waals surface area contributed by atoms with Gasteiger partial charge in [-0.25, -0.2) is 0 Å². The monoisotopic (exact) mass is 434 g/mol. The molecule has 0 saturated heterocycles. The summed E-state index contributed by atoms with van der Waals surface area (Å²) in [4.78, 5) is 0. The Morgan fingerprint density at radius 1 is 0.852 bits per heavy atom. The van der Waals surface area contributed by atoms with Gasteiger partial charge in [-0.1, -0.05) is 27.7 Å². The van der Waals surface area contributed by atoms with Crippen LogP contribution in [-0.4, -0.2) is 42.6 Å². The van der Waals surface area contributed by atoms with Crippen molar-refractivity contribution in [3.8, 4) is 0 Å². The average molecular weight is 435 g/mol. The summed E-state index contributed by atoms with van der Waals surface area (Å²) >= 11 is 0. The summed E-state index contributed by atoms with van der Waals surface area (Å²) in [6, 6.07) is 0. The second-order valence-electron chi connectivity index (χ2n) is 10.8. The molecular formula is C21H50O3Si3. The van der Waals surface area contributed by atoms with Gasteiger partial charge in [0.25, 0.3) is 0 Å². The molecule has 0 fully saturated rings. The third-order valence-electron chi connectivity index (χ3n) is 6.92. The highest BCUT2D eigenvalue weighted by atomic mass is 28.4. The van der Waals surface area contributed by atoms with Crippen molar-refractivity contribution in [1.82, 2.24) is 0 Å². The van der Waals surface area contributed by atoms with Crippen LogP contribution in [0, 0.1) is 0 Å². The summed E-state index contributed by atoms with van der Waals surface area (Å²) in [5.41, 5.74) is -0.0480. The Kier molecular flexibility index (Phi) is 9.75. The van der Waals surface area contributed by atoms with Crippen molar-refractivity contribution < 1.29 is 13.3 Å². The van der Waals surface area contributed by atoms with Crippen LogP contribution in [0.3, 0.4) is 0 Å². The maximum Gasteiger partial charge on any atom is 0.216 e. The molecule has 0 aliphatic heterocycles. The Balaban J connectivity index is 5.57. The van der Waals surface area contributed by atoms with Crippen LogP contribution in [-0.2, 0) is 13.3 Å². The van der Waals surface area contributed by atoms with Crippen LogP contribution in [0.2, 0.25) is 44.3 Å². The highest BCUT2D eigenvalue weighted by Gasteiger charge is 2.50. The van der Waals surface area contributed by atoms with Gasteiger partial charge in [0.05, 0.1) is 10.8 Å². The molecular weight excluding hydrogens is 384 g/mol. The average Bonchev–Trinajstić information content (AvgIpc) is 2.51. The van der Waals surface area contributed by atoms with Crippen molar-refractivity contribution >= 4 is 25.7 Å². The molecule has 4 unspecified atom stereocenters. The van der Waals surface area contributed by atoms with E-state index in [4.69, 9.17) is 13.3 Å². The third kappa shape index (κ3) is 7.37. The van der Waals surface area contributed by atoms with E-state index in [0.29, 0.717) is 0 Å². The van der Waals surface area contributed by atoms with E-state index in [1.54, 1.807) is 0 Å². The molecule has 0 aliphatic carbocycles. The van der Waals surface area contributed by atoms with Gasteiger partial charge in [-0.05, 0) is 86.2 Å². The first-order valence-electron chi connectivity index (χ1n) is 11.0. The van der Waals surface area contributed by atoms with Crippen LogP contribution in [0.5, 0.6) is 0 Å². The first-order valence-corrected chi connectivity index (χ1v) is 19.5. The SMILES string of the molecule is CCC(C)(C)O[SiH](C)C(C)(CC)C(C)O[Si](C)(C)C(C)(CC)O[Si](C)(C)C. The van der Waals surface area contributed by atoms with Gasteiger partial charge in [-0.3, -0.25) is 0 Å². The minimum absolute atomic E-state index is 0.0480. The van der Waals surface area contributed by atoms with Gasteiger partial charge in [0.2, 0.25) is 8.32 Å². The Labute approximate surface area is 174 Å². The molecule has 0 aromatic heterocycles. The lowest BCUT2D eigenvalue weighted by atomic mass is 10.0. The molecule has 27 heavy (non-hydrogen) atoms. The molecule has 0 N–H and O–H groups in total. The van der Waals surface area contributed by atoms with Crippen LogP contribution < -0.4 is 0 Å². The quantitative estimate of drug-likeness (QED) is 0.313. The molecule has 164 valence electrons. The summed E-state index contributed by atoms with van der Waals surface area (Å²) in [6.07, 6.45) is 3.30. The molecule has 0 aromatic carbocycles. The second kappa shape index (κ2) is 9.56. The van der Waals surface area contributed by atoms with Gasteiger partial charge in [-0.2, -0.15) is 0 Å². The van der Waals surface area contributed by atoms with Crippen LogP contribution in [0.4, 0.5) is 0 Å². The fraction of sp³-hybridized carbons (Fsp3) is 1.00. The van der Waals surface area contributed by atoms with Gasteiger partial charge >= 0.3 is 0 Å². The zero-order valence-corrected chi connectivity index (χ0v) is 24.2. The summed E-state index contributed by atoms with van der Waals surface area (Å²) in [5.74, 6) is 0. The Morgan fingerprint density at radius 3 is 1.67 bits per heavy atom. The Hall–Kier alpha value is 0.531. The van der Waals surface area contributed by atoms with Crippen LogP contribution in [0.1, 0.15) is 74.7 Å². The fourth-order valence-corrected chi connectivity index (χ4v) is 12.1. The molecule has 0 bridgehead atoms. The Morgan fingerprint density at radius 2 is 1.33 bits per heavy atom. The summed E-state index contributed by atoms with van der Waals surface area (Å²) in [6.45, 7) is 32.0. The molecule has 0 radical (unpaired) electrons. The molecule has 0 aromatic rings. The van der Waals surface area contributed by atoms with Gasteiger partial charge in [0.1, 0.15) is 0 Å². The lowest BCUT2D eigenvalue weighted by molar-refractivity contribution is 0.0602. The highest BCUT2D eigenvalue weighted by molar-refractivity contribution is 6.77. The van der Waals surface area contributed by atoms with Crippen molar-refractivity contribution in [2.24, 2.45) is 0 Å². The molecule has 0 spiro atoms. The molecule has 6 heteroatoms. The summed E-state index contributed by atoms with van der Waals surface area (Å²) < 4.78 is 20.3. The van der Waals surface area contributed by atoms with Crippen molar-refractivity contribution in [3.05, 3.63) is 0 Å². The normalized spacial score (nSPS) is 20.7. The van der Waals surface area contributed by atoms with Crippen LogP contribution >= 0.6 is 0 Å². The highest BCUT2D eigenvalue weighted by Crippen LogP contribution is 2.44. The number of rotatable bonds is 12. The van der Waals surface area contributed by atoms with Crippen LogP contribution in [0.15, 0.2) is 0 Å². The van der Waals surface area contributed by atoms with Crippen molar-refractivity contribution in [3.63, 3.8) is 0 Å². The van der Waals surface area contributed by atoms with Gasteiger partial charge in [0, 0.05) is 11.1 Å². The number of hydrogen-bond acceptors (Lipinski definition) is 3. The predicted molar refractivity (Wildman–Crippen MR) is 128 cm³/mol. The molecule has 0 saturated carbocycles. The predicted octanol–water partition coefficient (Wildman–Crippen LogP) is 6.89. The smallest absolute Gasteiger partial charge is 0.216 e. The van der Waals surface area contributed by atoms with E-state index in [1.807, 2.05) is 0 Å². The summed E-state index contributed by atoms with van der Waals surface area (Å²) in [7, 11) is -5.20. The molecule has 4 atom stereocenters. The fourth-order valence-electron chi connectivity index (χ4n) is 3.60. The lowest BCUT2D eigenvalue weighted by Crippen LogP contribution is -2.61. The lowest BCUT2D eigenvalue weighted by Gasteiger charge is -2.50. The maximum atomic E-state index is 6.96. The van der Waals surface area contributed by atoms with Gasteiger partial charge in [-0.15, -0.1) is 0 Å². The maximum absolute atomic E-state index is 6.96. The number of hydrogen-bond donors (Lipinski definition) is 0. The van der Waals surface area contributed by atoms with Crippen molar-refractivity contribution in [2.75, 3.05) is 0 Å². The first-order chi connectivity index (χ1) is 11.9. The molecule has 0 aliphatic rings. The minimum Gasteiger partial charge on any atom is -0.415 e. The molecule has 3 nitrogen and oxygen atoms in total. The minimum atomic E-state index is -2.09. The molecule has 0 amide bonds. The standard InChI is InChI=1S/C21H50O3Si3/c1-15-19(5,6)23-25(9)20(7,16-2)18(4)22-27(13,14)21(8,17-3)24-26(10,11)12/h18,25H,15-17H2,1-14H3. The zero-order chi connectivity index (χ0) is 21.9. The van der Waals surface area contributed by atoms with Crippen molar-refractivity contribution in [1.29, 1.82) is 0 Å². The second-order valence-corrected chi connectivity index (χ2v) is 22.4. The van der Waals surface area contributed by atoms with E-state index in [-0.39, 0.29) is 22.0 Å². The zero-order valence-electron chi connectivity index (χ0n) is 21.0. The Bertz CT molecular complexity index is 462. The first kappa shape index (κ1) is 27.5. The van der Waals surface area contributed by atoms with E-state index < -0.39 is 25.7 Å². The van der Waals surface area contributed by atoms with E-state index in [2.05, 4.69) is 94.7 Å². The van der Waals surface area contributed by atoms with Crippen molar-refractivity contribution in [2.45, 2.75) is 136 Å². The third-order valence-corrected chi connectivity index (χ3v) is 15.9. The van der Waals surface area contributed by atoms with E-state index in [0.717, 1.165) is 19.3 Å². The topological polar surface area (TPSA) is 27.7 Å². The molecule has 0 heterocycles. The molecule has 0 rings (SSSR count). The van der Waals surface area contributed by atoms with E-state index in [1.165, 1.54) is 0 Å². The van der Waals surface area contributed by atoms with E-state index >= 15 is 0 Å². The summed E-state index contributed by atoms with van der Waals surface area (Å²) in [5, 5.41) is -0.0563. The van der Waals surface area contributed by atoms with Crippen LogP contribution in [0.25, 0.3) is 0 Å². The largest absolute Gasteiger partial charge is 0.415 e. The van der Waals surface area contributed by atoms with Gasteiger partial charge < -0.3 is 13.3 Å². The van der Waals surface area contributed by atoms with E-state index in [9.17, 15) is 0 Å². The van der Waals surface area contributed by atoms with Gasteiger partial charge in [0.15, 0.2) is 17.4 Å².